The van der Waals surface area contributed by atoms with E-state index < -0.39 is 17.9 Å². The molecule has 0 saturated carbocycles. The van der Waals surface area contributed by atoms with Gasteiger partial charge in [-0.2, -0.15) is 0 Å². The van der Waals surface area contributed by atoms with Gasteiger partial charge in [0, 0.05) is 19.4 Å². The van der Waals surface area contributed by atoms with Crippen molar-refractivity contribution < 1.29 is 28.5 Å². The van der Waals surface area contributed by atoms with Crippen molar-refractivity contribution in [2.45, 2.75) is 12.8 Å². The van der Waals surface area contributed by atoms with E-state index in [1.54, 1.807) is 36.5 Å². The Labute approximate surface area is 166 Å². The zero-order valence-corrected chi connectivity index (χ0v) is 17.5. The summed E-state index contributed by atoms with van der Waals surface area (Å²) in [7, 11) is 5.84. The van der Waals surface area contributed by atoms with Crippen molar-refractivity contribution in [3.8, 4) is 11.5 Å². The lowest BCUT2D eigenvalue weighted by molar-refractivity contribution is -0.137. The Bertz CT molecular complexity index is 768. The van der Waals surface area contributed by atoms with Gasteiger partial charge in [0.15, 0.2) is 11.5 Å². The predicted octanol–water partition coefficient (Wildman–Crippen LogP) is 3.00. The second-order valence-corrected chi connectivity index (χ2v) is 6.57. The molecule has 0 atom stereocenters. The van der Waals surface area contributed by atoms with Crippen LogP contribution >= 0.6 is 15.9 Å². The summed E-state index contributed by atoms with van der Waals surface area (Å²) in [6.45, 7) is 2.33. The molecule has 146 valence electrons. The van der Waals surface area contributed by atoms with Crippen LogP contribution in [-0.4, -0.2) is 51.8 Å². The third kappa shape index (κ3) is 4.27. The molecule has 2 rings (SSSR count). The summed E-state index contributed by atoms with van der Waals surface area (Å²) in [5, 5.41) is 0. The first kappa shape index (κ1) is 20.8. The molecule has 1 aromatic carbocycles. The average molecular weight is 440 g/mol. The molecule has 7 nitrogen and oxygen atoms in total. The van der Waals surface area contributed by atoms with Crippen LogP contribution in [0.2, 0.25) is 0 Å². The standard InChI is InChI=1S/C19H22BrNO6/c1-6-27-17-14(20)7-11(8-15(17)24-3)16-12(18(22)25-4)9-21(2)10-13(16)19(23)26-5/h7-10,16H,6H2,1-5H3. The highest BCUT2D eigenvalue weighted by Crippen LogP contribution is 2.43. The van der Waals surface area contributed by atoms with E-state index >= 15 is 0 Å². The monoisotopic (exact) mass is 439 g/mol. The SMILES string of the molecule is CCOc1c(Br)cc(C2C(C(=O)OC)=CN(C)C=C2C(=O)OC)cc1OC. The largest absolute Gasteiger partial charge is 0.493 e. The number of rotatable bonds is 6. The van der Waals surface area contributed by atoms with E-state index in [-0.39, 0.29) is 0 Å². The van der Waals surface area contributed by atoms with Gasteiger partial charge in [-0.1, -0.05) is 0 Å². The van der Waals surface area contributed by atoms with Crippen LogP contribution in [0.15, 0.2) is 40.2 Å². The van der Waals surface area contributed by atoms with E-state index in [2.05, 4.69) is 15.9 Å². The van der Waals surface area contributed by atoms with Crippen LogP contribution < -0.4 is 9.47 Å². The molecule has 0 amide bonds. The van der Waals surface area contributed by atoms with Gasteiger partial charge in [0.25, 0.3) is 0 Å². The minimum absolute atomic E-state index is 0.306. The zero-order valence-electron chi connectivity index (χ0n) is 15.9. The van der Waals surface area contributed by atoms with Crippen LogP contribution in [0.5, 0.6) is 11.5 Å². The van der Waals surface area contributed by atoms with E-state index in [1.807, 2.05) is 6.92 Å². The van der Waals surface area contributed by atoms with Crippen molar-refractivity contribution >= 4 is 27.9 Å². The van der Waals surface area contributed by atoms with E-state index in [4.69, 9.17) is 18.9 Å². The number of ether oxygens (including phenoxy) is 4. The van der Waals surface area contributed by atoms with E-state index in [0.717, 1.165) is 0 Å². The summed E-state index contributed by atoms with van der Waals surface area (Å²) in [5.41, 5.74) is 1.27. The van der Waals surface area contributed by atoms with Gasteiger partial charge in [-0.3, -0.25) is 0 Å². The number of benzene rings is 1. The number of esters is 2. The number of nitrogens with zero attached hydrogens (tertiary/aromatic N) is 1. The van der Waals surface area contributed by atoms with Crippen LogP contribution in [0, 0.1) is 0 Å². The number of hydrogen-bond acceptors (Lipinski definition) is 7. The van der Waals surface area contributed by atoms with Crippen LogP contribution in [0.3, 0.4) is 0 Å². The Morgan fingerprint density at radius 1 is 1.07 bits per heavy atom. The Balaban J connectivity index is 2.67. The minimum Gasteiger partial charge on any atom is -0.493 e. The number of methoxy groups -OCH3 is 3. The van der Waals surface area contributed by atoms with Gasteiger partial charge in [-0.15, -0.1) is 0 Å². The molecule has 0 unspecified atom stereocenters. The van der Waals surface area contributed by atoms with Crippen molar-refractivity contribution in [3.05, 3.63) is 45.7 Å². The van der Waals surface area contributed by atoms with Crippen molar-refractivity contribution in [1.82, 2.24) is 4.90 Å². The number of carbonyl (C=O) groups is 2. The smallest absolute Gasteiger partial charge is 0.336 e. The van der Waals surface area contributed by atoms with E-state index in [1.165, 1.54) is 21.3 Å². The van der Waals surface area contributed by atoms with Crippen molar-refractivity contribution in [1.29, 1.82) is 0 Å². The maximum atomic E-state index is 12.4. The highest BCUT2D eigenvalue weighted by Gasteiger charge is 2.35. The topological polar surface area (TPSA) is 74.3 Å². The Morgan fingerprint density at radius 2 is 1.63 bits per heavy atom. The first-order valence-corrected chi connectivity index (χ1v) is 8.99. The number of hydrogen-bond donors (Lipinski definition) is 0. The van der Waals surface area contributed by atoms with Crippen LogP contribution in [-0.2, 0) is 19.1 Å². The maximum Gasteiger partial charge on any atom is 0.336 e. The molecule has 1 aliphatic rings. The van der Waals surface area contributed by atoms with Gasteiger partial charge in [-0.25, -0.2) is 9.59 Å². The summed E-state index contributed by atoms with van der Waals surface area (Å²) < 4.78 is 21.5. The lowest BCUT2D eigenvalue weighted by Gasteiger charge is -2.28. The highest BCUT2D eigenvalue weighted by atomic mass is 79.9. The Kier molecular flexibility index (Phi) is 6.90. The summed E-state index contributed by atoms with van der Waals surface area (Å²) in [6.07, 6.45) is 3.25. The van der Waals surface area contributed by atoms with Gasteiger partial charge in [-0.05, 0) is 40.5 Å². The Hall–Kier alpha value is -2.48. The first-order valence-electron chi connectivity index (χ1n) is 8.20. The summed E-state index contributed by atoms with van der Waals surface area (Å²) in [4.78, 5) is 26.4. The van der Waals surface area contributed by atoms with E-state index in [0.29, 0.717) is 39.3 Å². The van der Waals surface area contributed by atoms with Crippen LogP contribution in [0.4, 0.5) is 0 Å². The molecule has 1 aliphatic heterocycles. The fraction of sp³-hybridized carbons (Fsp3) is 0.368. The molecule has 0 N–H and O–H groups in total. The fourth-order valence-corrected chi connectivity index (χ4v) is 3.49. The second kappa shape index (κ2) is 8.94. The summed E-state index contributed by atoms with van der Waals surface area (Å²) >= 11 is 3.48. The normalized spacial score (nSPS) is 14.2. The van der Waals surface area contributed by atoms with Crippen molar-refractivity contribution in [2.24, 2.45) is 0 Å². The Morgan fingerprint density at radius 3 is 2.07 bits per heavy atom. The van der Waals surface area contributed by atoms with Gasteiger partial charge in [0.2, 0.25) is 0 Å². The minimum atomic E-state index is -0.679. The molecule has 1 aromatic rings. The lowest BCUT2D eigenvalue weighted by Crippen LogP contribution is -2.27. The highest BCUT2D eigenvalue weighted by molar-refractivity contribution is 9.10. The van der Waals surface area contributed by atoms with Crippen molar-refractivity contribution in [3.63, 3.8) is 0 Å². The predicted molar refractivity (Wildman–Crippen MR) is 103 cm³/mol. The van der Waals surface area contributed by atoms with Crippen LogP contribution in [0.1, 0.15) is 18.4 Å². The second-order valence-electron chi connectivity index (χ2n) is 5.72. The zero-order chi connectivity index (χ0) is 20.1. The molecule has 0 spiro atoms. The van der Waals surface area contributed by atoms with Crippen molar-refractivity contribution in [2.75, 3.05) is 35.0 Å². The molecular formula is C19H22BrNO6. The molecule has 0 aromatic heterocycles. The first-order chi connectivity index (χ1) is 12.9. The number of halogens is 1. The maximum absolute atomic E-state index is 12.4. The van der Waals surface area contributed by atoms with Crippen LogP contribution in [0.25, 0.3) is 0 Å². The third-order valence-electron chi connectivity index (χ3n) is 4.02. The molecule has 8 heteroatoms. The molecule has 0 radical (unpaired) electrons. The number of carbonyl (C=O) groups excluding carboxylic acids is 2. The van der Waals surface area contributed by atoms with Gasteiger partial charge in [0.1, 0.15) is 0 Å². The average Bonchev–Trinajstić information content (AvgIpc) is 2.67. The van der Waals surface area contributed by atoms with Gasteiger partial charge >= 0.3 is 11.9 Å². The lowest BCUT2D eigenvalue weighted by atomic mass is 9.83. The van der Waals surface area contributed by atoms with Gasteiger partial charge in [0.05, 0.1) is 49.5 Å². The molecular weight excluding hydrogens is 418 g/mol. The molecule has 0 bridgehead atoms. The molecule has 0 fully saturated rings. The van der Waals surface area contributed by atoms with E-state index in [9.17, 15) is 9.59 Å². The van der Waals surface area contributed by atoms with Gasteiger partial charge < -0.3 is 23.8 Å². The molecule has 27 heavy (non-hydrogen) atoms. The third-order valence-corrected chi connectivity index (χ3v) is 4.61. The molecule has 1 heterocycles. The quantitative estimate of drug-likeness (QED) is 0.630. The molecule has 0 aliphatic carbocycles. The summed E-state index contributed by atoms with van der Waals surface area (Å²) in [6, 6.07) is 3.52. The molecule has 0 saturated heterocycles. The summed E-state index contributed by atoms with van der Waals surface area (Å²) in [5.74, 6) is -0.727. The fourth-order valence-electron chi connectivity index (χ4n) is 2.92.